The van der Waals surface area contributed by atoms with Crippen LogP contribution >= 0.6 is 0 Å². The molecule has 0 atom stereocenters. The van der Waals surface area contributed by atoms with E-state index in [1.54, 1.807) is 0 Å². The fourth-order valence-electron chi connectivity index (χ4n) is 1.94. The van der Waals surface area contributed by atoms with E-state index in [9.17, 15) is 0 Å². The standard InChI is InChI=1S/C14H23N3/c1-9(2)7-13-12(10(3)4)8-15-14(17-13)16-11-5-6-11/h8-11H,5-7H2,1-4H3,(H,15,16,17). The van der Waals surface area contributed by atoms with Gasteiger partial charge in [0, 0.05) is 17.9 Å². The lowest BCUT2D eigenvalue weighted by Gasteiger charge is -2.14. The molecule has 17 heavy (non-hydrogen) atoms. The number of aromatic nitrogens is 2. The zero-order valence-electron chi connectivity index (χ0n) is 11.3. The van der Waals surface area contributed by atoms with Gasteiger partial charge in [0.25, 0.3) is 0 Å². The summed E-state index contributed by atoms with van der Waals surface area (Å²) >= 11 is 0. The monoisotopic (exact) mass is 233 g/mol. The molecule has 0 spiro atoms. The van der Waals surface area contributed by atoms with Crippen molar-refractivity contribution in [2.24, 2.45) is 5.92 Å². The maximum atomic E-state index is 4.69. The van der Waals surface area contributed by atoms with Crippen LogP contribution in [0, 0.1) is 5.92 Å². The van der Waals surface area contributed by atoms with E-state index in [4.69, 9.17) is 4.98 Å². The first kappa shape index (κ1) is 12.3. The Balaban J connectivity index is 2.20. The summed E-state index contributed by atoms with van der Waals surface area (Å²) in [5.41, 5.74) is 2.51. The van der Waals surface area contributed by atoms with Gasteiger partial charge in [-0.3, -0.25) is 0 Å². The van der Waals surface area contributed by atoms with Crippen LogP contribution in [0.4, 0.5) is 5.95 Å². The van der Waals surface area contributed by atoms with Crippen molar-refractivity contribution in [3.05, 3.63) is 17.5 Å². The van der Waals surface area contributed by atoms with E-state index in [2.05, 4.69) is 38.0 Å². The molecule has 1 N–H and O–H groups in total. The maximum Gasteiger partial charge on any atom is 0.223 e. The Labute approximate surface area is 104 Å². The Bertz CT molecular complexity index is 381. The van der Waals surface area contributed by atoms with E-state index in [0.29, 0.717) is 17.9 Å². The van der Waals surface area contributed by atoms with Crippen molar-refractivity contribution in [2.45, 2.75) is 58.9 Å². The highest BCUT2D eigenvalue weighted by Gasteiger charge is 2.22. The Hall–Kier alpha value is -1.12. The van der Waals surface area contributed by atoms with Crippen molar-refractivity contribution in [3.63, 3.8) is 0 Å². The summed E-state index contributed by atoms with van der Waals surface area (Å²) in [6, 6.07) is 0.617. The SMILES string of the molecule is CC(C)Cc1nc(NC2CC2)ncc1C(C)C. The molecule has 0 amide bonds. The van der Waals surface area contributed by atoms with Crippen LogP contribution in [0.3, 0.4) is 0 Å². The fraction of sp³-hybridized carbons (Fsp3) is 0.714. The third-order valence-electron chi connectivity index (χ3n) is 3.03. The highest BCUT2D eigenvalue weighted by atomic mass is 15.1. The molecule has 1 aromatic heterocycles. The smallest absolute Gasteiger partial charge is 0.223 e. The second kappa shape index (κ2) is 5.03. The molecule has 1 heterocycles. The van der Waals surface area contributed by atoms with Gasteiger partial charge in [0.2, 0.25) is 5.95 Å². The molecule has 3 nitrogen and oxygen atoms in total. The normalized spacial score (nSPS) is 15.6. The summed E-state index contributed by atoms with van der Waals surface area (Å²) in [5, 5.41) is 3.37. The Kier molecular flexibility index (Phi) is 3.65. The molecule has 0 bridgehead atoms. The van der Waals surface area contributed by atoms with E-state index >= 15 is 0 Å². The van der Waals surface area contributed by atoms with Gasteiger partial charge in [-0.05, 0) is 36.7 Å². The van der Waals surface area contributed by atoms with Gasteiger partial charge in [0.1, 0.15) is 0 Å². The first-order chi connectivity index (χ1) is 8.06. The van der Waals surface area contributed by atoms with Crippen molar-refractivity contribution < 1.29 is 0 Å². The quantitative estimate of drug-likeness (QED) is 0.847. The molecule has 0 unspecified atom stereocenters. The molecule has 1 fully saturated rings. The van der Waals surface area contributed by atoms with E-state index in [-0.39, 0.29) is 0 Å². The molecule has 0 saturated heterocycles. The van der Waals surface area contributed by atoms with Crippen LogP contribution in [0.1, 0.15) is 57.7 Å². The summed E-state index contributed by atoms with van der Waals surface area (Å²) in [4.78, 5) is 9.12. The zero-order valence-corrected chi connectivity index (χ0v) is 11.3. The molecule has 94 valence electrons. The Morgan fingerprint density at radius 2 is 2.00 bits per heavy atom. The first-order valence-electron chi connectivity index (χ1n) is 6.68. The number of hydrogen-bond acceptors (Lipinski definition) is 3. The lowest BCUT2D eigenvalue weighted by molar-refractivity contribution is 0.623. The van der Waals surface area contributed by atoms with Gasteiger partial charge < -0.3 is 5.32 Å². The zero-order chi connectivity index (χ0) is 12.4. The van der Waals surface area contributed by atoms with Crippen LogP contribution in [-0.2, 0) is 6.42 Å². The van der Waals surface area contributed by atoms with Crippen LogP contribution in [0.15, 0.2) is 6.20 Å². The van der Waals surface area contributed by atoms with Gasteiger partial charge >= 0.3 is 0 Å². The number of hydrogen-bond donors (Lipinski definition) is 1. The minimum Gasteiger partial charge on any atom is -0.351 e. The minimum atomic E-state index is 0.499. The number of nitrogens with one attached hydrogen (secondary N) is 1. The third-order valence-corrected chi connectivity index (χ3v) is 3.03. The summed E-state index contributed by atoms with van der Waals surface area (Å²) in [5.74, 6) is 1.95. The lowest BCUT2D eigenvalue weighted by Crippen LogP contribution is -2.11. The van der Waals surface area contributed by atoms with Crippen molar-refractivity contribution in [3.8, 4) is 0 Å². The molecular formula is C14H23N3. The van der Waals surface area contributed by atoms with Gasteiger partial charge in [-0.25, -0.2) is 9.97 Å². The second-order valence-electron chi connectivity index (χ2n) is 5.77. The predicted molar refractivity (Wildman–Crippen MR) is 71.3 cm³/mol. The Morgan fingerprint density at radius 3 is 2.53 bits per heavy atom. The van der Waals surface area contributed by atoms with Crippen molar-refractivity contribution in [1.82, 2.24) is 9.97 Å². The summed E-state index contributed by atoms with van der Waals surface area (Å²) in [6.45, 7) is 8.88. The summed E-state index contributed by atoms with van der Waals surface area (Å²) < 4.78 is 0. The maximum absolute atomic E-state index is 4.69. The molecule has 0 radical (unpaired) electrons. The van der Waals surface area contributed by atoms with Crippen molar-refractivity contribution >= 4 is 5.95 Å². The van der Waals surface area contributed by atoms with E-state index in [1.165, 1.54) is 24.1 Å². The minimum absolute atomic E-state index is 0.499. The number of anilines is 1. The van der Waals surface area contributed by atoms with Crippen LogP contribution in [0.25, 0.3) is 0 Å². The average Bonchev–Trinajstić information content (AvgIpc) is 3.00. The van der Waals surface area contributed by atoms with Crippen molar-refractivity contribution in [1.29, 1.82) is 0 Å². The molecule has 2 rings (SSSR count). The van der Waals surface area contributed by atoms with Crippen LogP contribution in [0.5, 0.6) is 0 Å². The average molecular weight is 233 g/mol. The molecular weight excluding hydrogens is 210 g/mol. The summed E-state index contributed by atoms with van der Waals surface area (Å²) in [7, 11) is 0. The van der Waals surface area contributed by atoms with Crippen LogP contribution in [0.2, 0.25) is 0 Å². The van der Waals surface area contributed by atoms with Gasteiger partial charge in [-0.2, -0.15) is 0 Å². The van der Waals surface area contributed by atoms with E-state index in [1.807, 2.05) is 6.20 Å². The van der Waals surface area contributed by atoms with Gasteiger partial charge in [0.05, 0.1) is 0 Å². The molecule has 0 aliphatic heterocycles. The fourth-order valence-corrected chi connectivity index (χ4v) is 1.94. The molecule has 0 aromatic carbocycles. The highest BCUT2D eigenvalue weighted by Crippen LogP contribution is 2.25. The van der Waals surface area contributed by atoms with Crippen LogP contribution < -0.4 is 5.32 Å². The summed E-state index contributed by atoms with van der Waals surface area (Å²) in [6.07, 6.45) is 5.55. The first-order valence-corrected chi connectivity index (χ1v) is 6.68. The molecule has 1 aliphatic rings. The molecule has 3 heteroatoms. The number of nitrogens with zero attached hydrogens (tertiary/aromatic N) is 2. The third kappa shape index (κ3) is 3.42. The number of rotatable bonds is 5. The predicted octanol–water partition coefficient (Wildman–Crippen LogP) is 3.37. The van der Waals surface area contributed by atoms with Gasteiger partial charge in [-0.1, -0.05) is 27.7 Å². The topological polar surface area (TPSA) is 37.8 Å². The Morgan fingerprint density at radius 1 is 1.29 bits per heavy atom. The molecule has 1 aliphatic carbocycles. The lowest BCUT2D eigenvalue weighted by atomic mass is 9.98. The highest BCUT2D eigenvalue weighted by molar-refractivity contribution is 5.33. The molecule has 1 aromatic rings. The van der Waals surface area contributed by atoms with E-state index < -0.39 is 0 Å². The van der Waals surface area contributed by atoms with Gasteiger partial charge in [0.15, 0.2) is 0 Å². The van der Waals surface area contributed by atoms with E-state index in [0.717, 1.165) is 12.4 Å². The van der Waals surface area contributed by atoms with Crippen LogP contribution in [-0.4, -0.2) is 16.0 Å². The van der Waals surface area contributed by atoms with Crippen molar-refractivity contribution in [2.75, 3.05) is 5.32 Å². The second-order valence-corrected chi connectivity index (χ2v) is 5.77. The molecule has 1 saturated carbocycles. The van der Waals surface area contributed by atoms with Gasteiger partial charge in [-0.15, -0.1) is 0 Å². The largest absolute Gasteiger partial charge is 0.351 e.